The summed E-state index contributed by atoms with van der Waals surface area (Å²) in [4.78, 5) is 23.7. The Morgan fingerprint density at radius 2 is 1.36 bits per heavy atom. The molecular formula is C42H50N6O3S2. The minimum atomic E-state index is -4.02. The smallest absolute Gasteiger partial charge is 0.322 e. The van der Waals surface area contributed by atoms with E-state index in [9.17, 15) is 8.42 Å². The molecule has 9 nitrogen and oxygen atoms in total. The van der Waals surface area contributed by atoms with Crippen LogP contribution in [0, 0.1) is 0 Å². The number of fused-ring (bicyclic) bond motifs is 1. The Labute approximate surface area is 317 Å². The number of para-hydroxylation sites is 1. The van der Waals surface area contributed by atoms with Crippen LogP contribution in [-0.2, 0) is 9.84 Å². The molecule has 278 valence electrons. The third kappa shape index (κ3) is 8.06. The average molecular weight is 751 g/mol. The van der Waals surface area contributed by atoms with Gasteiger partial charge >= 0.3 is 6.01 Å². The first-order chi connectivity index (χ1) is 25.9. The van der Waals surface area contributed by atoms with Crippen LogP contribution in [0.4, 0.5) is 11.6 Å². The molecule has 0 bridgehead atoms. The van der Waals surface area contributed by atoms with Crippen molar-refractivity contribution in [3.8, 4) is 16.6 Å². The van der Waals surface area contributed by atoms with Gasteiger partial charge in [-0.05, 0) is 98.5 Å². The van der Waals surface area contributed by atoms with Crippen LogP contribution in [0.25, 0.3) is 20.8 Å². The van der Waals surface area contributed by atoms with E-state index in [0.29, 0.717) is 18.4 Å². The molecule has 0 N–H and O–H groups in total. The quantitative estimate of drug-likeness (QED) is 0.123. The van der Waals surface area contributed by atoms with Crippen molar-refractivity contribution in [1.29, 1.82) is 0 Å². The summed E-state index contributed by atoms with van der Waals surface area (Å²) in [6.45, 7) is 0.836. The Hall–Kier alpha value is -4.09. The fourth-order valence-corrected chi connectivity index (χ4v) is 10.6. The van der Waals surface area contributed by atoms with Crippen LogP contribution >= 0.6 is 11.3 Å². The largest absolute Gasteiger partial charge is 0.461 e. The molecule has 3 aromatic carbocycles. The van der Waals surface area contributed by atoms with E-state index < -0.39 is 9.84 Å². The third-order valence-corrected chi connectivity index (χ3v) is 14.2. The van der Waals surface area contributed by atoms with E-state index in [1.54, 1.807) is 23.5 Å². The van der Waals surface area contributed by atoms with Crippen LogP contribution in [0.15, 0.2) is 82.8 Å². The summed E-state index contributed by atoms with van der Waals surface area (Å²) in [5, 5.41) is 0.766. The monoisotopic (exact) mass is 750 g/mol. The zero-order chi connectivity index (χ0) is 36.2. The Bertz CT molecular complexity index is 2030. The molecule has 8 rings (SSSR count). The Morgan fingerprint density at radius 1 is 0.717 bits per heavy atom. The van der Waals surface area contributed by atoms with Crippen molar-refractivity contribution in [2.24, 2.45) is 0 Å². The highest BCUT2D eigenvalue weighted by atomic mass is 32.2. The molecular weight excluding hydrogens is 701 g/mol. The van der Waals surface area contributed by atoms with E-state index in [1.807, 2.05) is 37.4 Å². The van der Waals surface area contributed by atoms with Crippen LogP contribution in [0.1, 0.15) is 101 Å². The lowest BCUT2D eigenvalue weighted by atomic mass is 9.89. The number of aromatic nitrogens is 4. The highest BCUT2D eigenvalue weighted by Crippen LogP contribution is 2.37. The Kier molecular flexibility index (Phi) is 10.9. The van der Waals surface area contributed by atoms with Gasteiger partial charge in [-0.2, -0.15) is 15.0 Å². The molecule has 5 aromatic rings. The summed E-state index contributed by atoms with van der Waals surface area (Å²) in [6.07, 6.45) is 16.1. The van der Waals surface area contributed by atoms with Gasteiger partial charge in [0.15, 0.2) is 0 Å². The molecule has 3 aliphatic rings. The number of thiazole rings is 1. The van der Waals surface area contributed by atoms with Gasteiger partial charge in [0.05, 0.1) is 21.7 Å². The Balaban J connectivity index is 1.04. The van der Waals surface area contributed by atoms with Gasteiger partial charge in [-0.3, -0.25) is 0 Å². The van der Waals surface area contributed by atoms with Crippen molar-refractivity contribution >= 4 is 43.0 Å². The van der Waals surface area contributed by atoms with Crippen molar-refractivity contribution in [3.63, 3.8) is 0 Å². The van der Waals surface area contributed by atoms with Crippen molar-refractivity contribution in [2.45, 2.75) is 118 Å². The maximum atomic E-state index is 14.3. The average Bonchev–Trinajstić information content (AvgIpc) is 3.90. The van der Waals surface area contributed by atoms with E-state index in [2.05, 4.69) is 45.1 Å². The second-order valence-electron chi connectivity index (χ2n) is 15.0. The van der Waals surface area contributed by atoms with E-state index in [0.717, 1.165) is 86.0 Å². The second kappa shape index (κ2) is 16.1. The first-order valence-electron chi connectivity index (χ1n) is 19.6. The normalized spacial score (nSPS) is 17.7. The van der Waals surface area contributed by atoms with Crippen LogP contribution in [0.2, 0.25) is 0 Å². The number of sulfone groups is 1. The zero-order valence-electron chi connectivity index (χ0n) is 30.7. The summed E-state index contributed by atoms with van der Waals surface area (Å²) in [5.74, 6) is 0.943. The van der Waals surface area contributed by atoms with Gasteiger partial charge in [0.1, 0.15) is 11.6 Å². The van der Waals surface area contributed by atoms with E-state index in [4.69, 9.17) is 19.7 Å². The third-order valence-electron chi connectivity index (χ3n) is 11.5. The molecule has 0 atom stereocenters. The predicted octanol–water partition coefficient (Wildman–Crippen LogP) is 9.63. The second-order valence-corrected chi connectivity index (χ2v) is 17.9. The summed E-state index contributed by atoms with van der Waals surface area (Å²) in [6, 6.07) is 24.6. The number of nitrogens with zero attached hydrogens (tertiary/aromatic N) is 6. The Morgan fingerprint density at radius 3 is 2.02 bits per heavy atom. The minimum Gasteiger partial charge on any atom is -0.461 e. The van der Waals surface area contributed by atoms with E-state index in [1.165, 1.54) is 35.9 Å². The van der Waals surface area contributed by atoms with E-state index in [-0.39, 0.29) is 34.8 Å². The molecule has 0 aliphatic heterocycles. The molecule has 0 saturated heterocycles. The van der Waals surface area contributed by atoms with Crippen LogP contribution in [-0.4, -0.2) is 60.6 Å². The molecule has 2 heterocycles. The molecule has 0 spiro atoms. The van der Waals surface area contributed by atoms with Gasteiger partial charge < -0.3 is 14.5 Å². The van der Waals surface area contributed by atoms with Gasteiger partial charge in [0.25, 0.3) is 5.16 Å². The van der Waals surface area contributed by atoms with Gasteiger partial charge in [0, 0.05) is 30.4 Å². The maximum absolute atomic E-state index is 14.3. The van der Waals surface area contributed by atoms with Crippen LogP contribution in [0.3, 0.4) is 0 Å². The fraction of sp³-hybridized carbons (Fsp3) is 0.476. The topological polar surface area (TPSA) is 101 Å². The van der Waals surface area contributed by atoms with Gasteiger partial charge in [-0.1, -0.05) is 75.6 Å². The van der Waals surface area contributed by atoms with Crippen LogP contribution in [0.5, 0.6) is 6.01 Å². The van der Waals surface area contributed by atoms with Crippen molar-refractivity contribution in [3.05, 3.63) is 78.4 Å². The summed E-state index contributed by atoms with van der Waals surface area (Å²) >= 11 is 1.69. The lowest BCUT2D eigenvalue weighted by Crippen LogP contribution is -2.46. The molecule has 2 aromatic heterocycles. The predicted molar refractivity (Wildman–Crippen MR) is 213 cm³/mol. The van der Waals surface area contributed by atoms with Crippen LogP contribution < -0.4 is 14.5 Å². The molecule has 0 radical (unpaired) electrons. The fourth-order valence-electron chi connectivity index (χ4n) is 8.51. The first-order valence-corrected chi connectivity index (χ1v) is 21.9. The lowest BCUT2D eigenvalue weighted by Gasteiger charge is -2.41. The summed E-state index contributed by atoms with van der Waals surface area (Å²) < 4.78 is 35.9. The summed E-state index contributed by atoms with van der Waals surface area (Å²) in [5.41, 5.74) is 4.35. The van der Waals surface area contributed by atoms with E-state index >= 15 is 0 Å². The minimum absolute atomic E-state index is 0.0624. The summed E-state index contributed by atoms with van der Waals surface area (Å²) in [7, 11) is -2.00. The molecule has 53 heavy (non-hydrogen) atoms. The van der Waals surface area contributed by atoms with Crippen molar-refractivity contribution in [2.75, 3.05) is 30.0 Å². The van der Waals surface area contributed by atoms with Gasteiger partial charge in [-0.15, -0.1) is 11.3 Å². The molecule has 3 fully saturated rings. The number of likely N-dealkylation sites (N-methyl/N-ethyl adjacent to an activating group) is 1. The lowest BCUT2D eigenvalue weighted by molar-refractivity contribution is 0.291. The standard InChI is InChI=1S/C42H50N6O3S2/c1-47(33-24-20-32(21-25-33)39-43-37-18-10-11-19-38(37)52-39)28-29-51-41-44-40(48(34-14-4-2-5-15-34)35-16-6-3-7-17-35)45-42(46-41)53(49,50)36-26-22-31(23-27-36)30-12-8-9-13-30/h10-11,18-27,30,34-35H,2-9,12-17,28-29H2,1H3. The first kappa shape index (κ1) is 35.9. The molecule has 0 amide bonds. The number of hydrogen-bond donors (Lipinski definition) is 0. The number of anilines is 2. The molecule has 3 aliphatic carbocycles. The SMILES string of the molecule is CN(CCOc1nc(N(C2CCCCC2)C2CCCCC2)nc(S(=O)(=O)c2ccc(C3CCCC3)cc2)n1)c1ccc(-c2nc3ccccc3s2)cc1. The number of benzene rings is 3. The van der Waals surface area contributed by atoms with Gasteiger partial charge in [0.2, 0.25) is 15.8 Å². The highest BCUT2D eigenvalue weighted by molar-refractivity contribution is 7.91. The molecule has 3 saturated carbocycles. The number of ether oxygens (including phenoxy) is 1. The highest BCUT2D eigenvalue weighted by Gasteiger charge is 2.34. The molecule has 0 unspecified atom stereocenters. The zero-order valence-corrected chi connectivity index (χ0v) is 32.3. The number of hydrogen-bond acceptors (Lipinski definition) is 10. The van der Waals surface area contributed by atoms with Crippen molar-refractivity contribution in [1.82, 2.24) is 19.9 Å². The van der Waals surface area contributed by atoms with Gasteiger partial charge in [-0.25, -0.2) is 13.4 Å². The maximum Gasteiger partial charge on any atom is 0.322 e. The molecule has 11 heteroatoms. The number of rotatable bonds is 12. The van der Waals surface area contributed by atoms with Crippen molar-refractivity contribution < 1.29 is 13.2 Å².